The van der Waals surface area contributed by atoms with Crippen molar-refractivity contribution in [3.05, 3.63) is 11.6 Å². The summed E-state index contributed by atoms with van der Waals surface area (Å²) >= 11 is 0. The number of nitrogens with zero attached hydrogens (tertiary/aromatic N) is 2. The van der Waals surface area contributed by atoms with Crippen molar-refractivity contribution >= 4 is 7.56 Å². The molecule has 0 aliphatic carbocycles. The maximum absolute atomic E-state index is 2.85. The summed E-state index contributed by atoms with van der Waals surface area (Å²) in [6.07, 6.45) is 5.06. The third kappa shape index (κ3) is 3.46. The van der Waals surface area contributed by atoms with Gasteiger partial charge in [-0.1, -0.05) is 0 Å². The predicted molar refractivity (Wildman–Crippen MR) is 94.6 cm³/mol. The first-order chi connectivity index (χ1) is 9.13. The zero-order chi connectivity index (χ0) is 15.7. The van der Waals surface area contributed by atoms with Gasteiger partial charge in [0.1, 0.15) is 12.3 Å². The fourth-order valence-corrected chi connectivity index (χ4v) is 10.3. The van der Waals surface area contributed by atoms with E-state index in [1.54, 1.807) is 5.57 Å². The molecule has 0 aromatic carbocycles. The van der Waals surface area contributed by atoms with Crippen LogP contribution in [-0.2, 0) is 0 Å². The van der Waals surface area contributed by atoms with E-state index in [9.17, 15) is 0 Å². The van der Waals surface area contributed by atoms with Gasteiger partial charge in [-0.2, -0.15) is 9.34 Å². The number of hydrogen-bond acceptors (Lipinski definition) is 2. The summed E-state index contributed by atoms with van der Waals surface area (Å²) in [4.78, 5) is 0. The topological polar surface area (TPSA) is 6.48 Å². The molecular weight excluding hydrogens is 263 g/mol. The monoisotopic (exact) mass is 299 g/mol. The molecular formula is C17H36N2P+. The smallest absolute Gasteiger partial charge is 0.158 e. The van der Waals surface area contributed by atoms with E-state index >= 15 is 0 Å². The molecule has 0 saturated heterocycles. The summed E-state index contributed by atoms with van der Waals surface area (Å²) in [6.45, 7) is 21.3. The fourth-order valence-electron chi connectivity index (χ4n) is 4.21. The summed E-state index contributed by atoms with van der Waals surface area (Å²) in [6, 6.07) is 2.45. The van der Waals surface area contributed by atoms with E-state index in [2.05, 4.69) is 77.7 Å². The van der Waals surface area contributed by atoms with Crippen molar-refractivity contribution < 1.29 is 0 Å². The van der Waals surface area contributed by atoms with Crippen molar-refractivity contribution in [2.24, 2.45) is 0 Å². The highest BCUT2D eigenvalue weighted by molar-refractivity contribution is 7.72. The maximum Gasteiger partial charge on any atom is 0.161 e. The van der Waals surface area contributed by atoms with Gasteiger partial charge in [0.2, 0.25) is 0 Å². The van der Waals surface area contributed by atoms with Gasteiger partial charge in [0.05, 0.1) is 0 Å². The molecule has 0 spiro atoms. The molecule has 20 heavy (non-hydrogen) atoms. The van der Waals surface area contributed by atoms with Crippen LogP contribution in [0.25, 0.3) is 0 Å². The van der Waals surface area contributed by atoms with Gasteiger partial charge in [-0.15, -0.1) is 0 Å². The zero-order valence-electron chi connectivity index (χ0n) is 15.1. The Morgan fingerprint density at radius 1 is 0.800 bits per heavy atom. The molecule has 0 aromatic heterocycles. The molecule has 1 aliphatic heterocycles. The SMILES string of the molecule is CC1=CC[P+](N(C(C)C)C(C)C)(N(C(C)C)C(C)C)C1. The van der Waals surface area contributed by atoms with E-state index in [0.29, 0.717) is 24.2 Å². The highest BCUT2D eigenvalue weighted by Crippen LogP contribution is 2.71. The third-order valence-electron chi connectivity index (χ3n) is 4.21. The molecule has 3 heteroatoms. The molecule has 0 radical (unpaired) electrons. The summed E-state index contributed by atoms with van der Waals surface area (Å²) in [7, 11) is -1.27. The predicted octanol–water partition coefficient (Wildman–Crippen LogP) is 5.03. The van der Waals surface area contributed by atoms with Gasteiger partial charge in [-0.25, -0.2) is 0 Å². The summed E-state index contributed by atoms with van der Waals surface area (Å²) in [5.41, 5.74) is 1.59. The molecule has 0 aromatic rings. The lowest BCUT2D eigenvalue weighted by molar-refractivity contribution is 0.246. The minimum absolute atomic E-state index is 0.614. The zero-order valence-corrected chi connectivity index (χ0v) is 16.0. The van der Waals surface area contributed by atoms with Crippen LogP contribution in [0.15, 0.2) is 11.6 Å². The van der Waals surface area contributed by atoms with Crippen molar-refractivity contribution in [2.45, 2.75) is 86.5 Å². The van der Waals surface area contributed by atoms with Gasteiger partial charge in [-0.05, 0) is 74.0 Å². The Balaban J connectivity index is 3.29. The average molecular weight is 299 g/mol. The van der Waals surface area contributed by atoms with Crippen molar-refractivity contribution in [3.63, 3.8) is 0 Å². The number of allylic oxidation sites excluding steroid dienone is 2. The van der Waals surface area contributed by atoms with E-state index in [1.807, 2.05) is 0 Å². The Morgan fingerprint density at radius 2 is 1.15 bits per heavy atom. The minimum Gasteiger partial charge on any atom is -0.158 e. The van der Waals surface area contributed by atoms with Gasteiger partial charge < -0.3 is 0 Å². The van der Waals surface area contributed by atoms with Crippen molar-refractivity contribution in [1.29, 1.82) is 0 Å². The van der Waals surface area contributed by atoms with Gasteiger partial charge in [0.15, 0.2) is 7.56 Å². The summed E-state index contributed by atoms with van der Waals surface area (Å²) < 4.78 is 5.69. The fraction of sp³-hybridized carbons (Fsp3) is 0.882. The maximum atomic E-state index is 2.85. The molecule has 0 saturated carbocycles. The summed E-state index contributed by atoms with van der Waals surface area (Å²) in [5.74, 6) is 0. The lowest BCUT2D eigenvalue weighted by atomic mass is 10.3. The van der Waals surface area contributed by atoms with Gasteiger partial charge in [-0.3, -0.25) is 0 Å². The second-order valence-electron chi connectivity index (χ2n) is 7.40. The minimum atomic E-state index is -1.27. The first-order valence-corrected chi connectivity index (χ1v) is 10.3. The molecule has 1 rings (SSSR count). The molecule has 0 bridgehead atoms. The Labute approximate surface area is 128 Å². The first-order valence-electron chi connectivity index (χ1n) is 8.23. The molecule has 0 unspecified atom stereocenters. The largest absolute Gasteiger partial charge is 0.161 e. The highest BCUT2D eigenvalue weighted by Gasteiger charge is 2.55. The van der Waals surface area contributed by atoms with E-state index in [-0.39, 0.29) is 0 Å². The Hall–Kier alpha value is 0.0900. The highest BCUT2D eigenvalue weighted by atomic mass is 31.2. The average Bonchev–Trinajstić information content (AvgIpc) is 2.58. The van der Waals surface area contributed by atoms with Crippen LogP contribution in [0.1, 0.15) is 62.3 Å². The van der Waals surface area contributed by atoms with Crippen molar-refractivity contribution in [1.82, 2.24) is 9.34 Å². The van der Waals surface area contributed by atoms with E-state index in [4.69, 9.17) is 0 Å². The second kappa shape index (κ2) is 6.90. The number of hydrogen-bond donors (Lipinski definition) is 0. The summed E-state index contributed by atoms with van der Waals surface area (Å²) in [5, 5.41) is 0. The molecule has 1 aliphatic rings. The first kappa shape index (κ1) is 18.1. The van der Waals surface area contributed by atoms with Crippen LogP contribution < -0.4 is 0 Å². The van der Waals surface area contributed by atoms with E-state index in [0.717, 1.165) is 0 Å². The molecule has 0 N–H and O–H groups in total. The Kier molecular flexibility index (Phi) is 6.26. The van der Waals surface area contributed by atoms with E-state index in [1.165, 1.54) is 12.3 Å². The molecule has 2 nitrogen and oxygen atoms in total. The van der Waals surface area contributed by atoms with Crippen LogP contribution in [-0.4, -0.2) is 45.8 Å². The van der Waals surface area contributed by atoms with Gasteiger partial charge >= 0.3 is 0 Å². The standard InChI is InChI=1S/C17H36N2P/c1-13(2)18(14(3)4)20(11-10-17(9)12-20)19(15(5)6)16(7)8/h10,13-16H,11-12H2,1-9H3/q+1. The van der Waals surface area contributed by atoms with E-state index < -0.39 is 7.56 Å². The lowest BCUT2D eigenvalue weighted by Gasteiger charge is -2.48. The Morgan fingerprint density at radius 3 is 1.35 bits per heavy atom. The quantitative estimate of drug-likeness (QED) is 0.501. The van der Waals surface area contributed by atoms with Crippen molar-refractivity contribution in [2.75, 3.05) is 12.3 Å². The van der Waals surface area contributed by atoms with Crippen LogP contribution in [0, 0.1) is 0 Å². The molecule has 1 heterocycles. The lowest BCUT2D eigenvalue weighted by Crippen LogP contribution is -2.49. The van der Waals surface area contributed by atoms with Crippen LogP contribution in [0.2, 0.25) is 0 Å². The van der Waals surface area contributed by atoms with Crippen LogP contribution >= 0.6 is 7.56 Å². The molecule has 118 valence electrons. The molecule has 0 fully saturated rings. The number of rotatable bonds is 6. The van der Waals surface area contributed by atoms with Gasteiger partial charge in [0, 0.05) is 24.2 Å². The third-order valence-corrected chi connectivity index (χ3v) is 9.55. The van der Waals surface area contributed by atoms with Crippen LogP contribution in [0.3, 0.4) is 0 Å². The van der Waals surface area contributed by atoms with Gasteiger partial charge in [0.25, 0.3) is 0 Å². The molecule has 0 amide bonds. The van der Waals surface area contributed by atoms with Crippen LogP contribution in [0.4, 0.5) is 0 Å². The molecule has 0 atom stereocenters. The Bertz CT molecular complexity index is 309. The second-order valence-corrected chi connectivity index (χ2v) is 10.8. The van der Waals surface area contributed by atoms with Crippen LogP contribution in [0.5, 0.6) is 0 Å². The van der Waals surface area contributed by atoms with Crippen molar-refractivity contribution in [3.8, 4) is 0 Å². The normalized spacial score (nSPS) is 19.2.